The number of hydrogen-bond acceptors (Lipinski definition) is 2. The zero-order valence-corrected chi connectivity index (χ0v) is 9.40. The predicted octanol–water partition coefficient (Wildman–Crippen LogP) is 2.59. The summed E-state index contributed by atoms with van der Waals surface area (Å²) < 4.78 is 5.40. The fraction of sp³-hybridized carbons (Fsp3) is 0.462. The van der Waals surface area contributed by atoms with Crippen LogP contribution in [0.3, 0.4) is 0 Å². The molecule has 1 aromatic carbocycles. The van der Waals surface area contributed by atoms with E-state index in [4.69, 9.17) is 4.74 Å². The molecule has 0 unspecified atom stereocenters. The molecule has 3 nitrogen and oxygen atoms in total. The Balaban J connectivity index is 2.32. The van der Waals surface area contributed by atoms with Crippen molar-refractivity contribution >= 4 is 5.97 Å². The monoisotopic (exact) mass is 220 g/mol. The molecular formula is C13H16O3. The van der Waals surface area contributed by atoms with Crippen molar-refractivity contribution in [3.63, 3.8) is 0 Å². The number of carboxylic acids is 1. The zero-order chi connectivity index (χ0) is 11.6. The lowest BCUT2D eigenvalue weighted by molar-refractivity contribution is -0.147. The maximum atomic E-state index is 11.3. The molecule has 0 heterocycles. The smallest absolute Gasteiger partial charge is 0.314 e. The molecule has 0 bridgehead atoms. The van der Waals surface area contributed by atoms with E-state index >= 15 is 0 Å². The van der Waals surface area contributed by atoms with Gasteiger partial charge in [0.25, 0.3) is 0 Å². The van der Waals surface area contributed by atoms with Gasteiger partial charge in [-0.15, -0.1) is 0 Å². The minimum absolute atomic E-state index is 0.601. The van der Waals surface area contributed by atoms with Gasteiger partial charge in [-0.05, 0) is 37.5 Å². The van der Waals surface area contributed by atoms with Gasteiger partial charge in [-0.3, -0.25) is 4.79 Å². The molecule has 2 rings (SSSR count). The summed E-state index contributed by atoms with van der Waals surface area (Å²) in [6.45, 7) is 2.52. The third-order valence-corrected chi connectivity index (χ3v) is 3.31. The maximum Gasteiger partial charge on any atom is 0.314 e. The fourth-order valence-electron chi connectivity index (χ4n) is 2.21. The summed E-state index contributed by atoms with van der Waals surface area (Å²) in [6, 6.07) is 7.47. The van der Waals surface area contributed by atoms with Gasteiger partial charge in [0.2, 0.25) is 0 Å². The minimum atomic E-state index is -0.715. The molecule has 1 fully saturated rings. The van der Waals surface area contributed by atoms with Crippen LogP contribution in [-0.2, 0) is 10.2 Å². The van der Waals surface area contributed by atoms with E-state index in [1.165, 1.54) is 0 Å². The Kier molecular flexibility index (Phi) is 2.86. The summed E-state index contributed by atoms with van der Waals surface area (Å²) in [6.07, 6.45) is 2.46. The minimum Gasteiger partial charge on any atom is -0.494 e. The SMILES string of the molecule is CCOc1cccc(C2(C(=O)O)CCC2)c1. The van der Waals surface area contributed by atoms with Crippen LogP contribution in [0.2, 0.25) is 0 Å². The van der Waals surface area contributed by atoms with Gasteiger partial charge in [0.05, 0.1) is 12.0 Å². The van der Waals surface area contributed by atoms with Crippen LogP contribution in [0.25, 0.3) is 0 Å². The number of carboxylic acid groups (broad SMARTS) is 1. The van der Waals surface area contributed by atoms with Crippen molar-refractivity contribution in [3.8, 4) is 5.75 Å². The van der Waals surface area contributed by atoms with Crippen molar-refractivity contribution in [3.05, 3.63) is 29.8 Å². The Morgan fingerprint density at radius 3 is 2.75 bits per heavy atom. The van der Waals surface area contributed by atoms with E-state index in [0.29, 0.717) is 6.61 Å². The molecule has 0 atom stereocenters. The molecule has 1 N–H and O–H groups in total. The lowest BCUT2D eigenvalue weighted by Gasteiger charge is -2.38. The fourth-order valence-corrected chi connectivity index (χ4v) is 2.21. The highest BCUT2D eigenvalue weighted by molar-refractivity contribution is 5.82. The topological polar surface area (TPSA) is 46.5 Å². The summed E-state index contributed by atoms with van der Waals surface area (Å²) in [5.41, 5.74) is 0.213. The van der Waals surface area contributed by atoms with Crippen LogP contribution in [0.1, 0.15) is 31.7 Å². The highest BCUT2D eigenvalue weighted by Crippen LogP contribution is 2.44. The molecular weight excluding hydrogens is 204 g/mol. The van der Waals surface area contributed by atoms with E-state index < -0.39 is 11.4 Å². The van der Waals surface area contributed by atoms with E-state index in [2.05, 4.69) is 0 Å². The second kappa shape index (κ2) is 4.16. The van der Waals surface area contributed by atoms with Crippen molar-refractivity contribution in [2.75, 3.05) is 6.61 Å². The van der Waals surface area contributed by atoms with Gasteiger partial charge in [0.15, 0.2) is 0 Å². The van der Waals surface area contributed by atoms with Crippen molar-refractivity contribution < 1.29 is 14.6 Å². The largest absolute Gasteiger partial charge is 0.494 e. The Morgan fingerprint density at radius 2 is 2.25 bits per heavy atom. The number of benzene rings is 1. The lowest BCUT2D eigenvalue weighted by atomic mass is 9.64. The van der Waals surface area contributed by atoms with Crippen LogP contribution in [0.15, 0.2) is 24.3 Å². The van der Waals surface area contributed by atoms with Crippen LogP contribution in [0, 0.1) is 0 Å². The van der Waals surface area contributed by atoms with Gasteiger partial charge in [-0.1, -0.05) is 18.6 Å². The summed E-state index contributed by atoms with van der Waals surface area (Å²) in [4.78, 5) is 11.3. The Labute approximate surface area is 95.0 Å². The summed E-state index contributed by atoms with van der Waals surface area (Å²) in [5.74, 6) is 0.0416. The van der Waals surface area contributed by atoms with Gasteiger partial charge in [-0.25, -0.2) is 0 Å². The van der Waals surface area contributed by atoms with Gasteiger partial charge in [-0.2, -0.15) is 0 Å². The van der Waals surface area contributed by atoms with E-state index in [0.717, 1.165) is 30.6 Å². The second-order valence-electron chi connectivity index (χ2n) is 4.20. The van der Waals surface area contributed by atoms with Gasteiger partial charge < -0.3 is 9.84 Å². The van der Waals surface area contributed by atoms with Crippen LogP contribution < -0.4 is 4.74 Å². The van der Waals surface area contributed by atoms with Crippen molar-refractivity contribution in [1.29, 1.82) is 0 Å². The van der Waals surface area contributed by atoms with Gasteiger partial charge >= 0.3 is 5.97 Å². The molecule has 1 aliphatic carbocycles. The van der Waals surface area contributed by atoms with Crippen molar-refractivity contribution in [2.45, 2.75) is 31.6 Å². The molecule has 0 spiro atoms. The Morgan fingerprint density at radius 1 is 1.50 bits per heavy atom. The number of hydrogen-bond donors (Lipinski definition) is 1. The standard InChI is InChI=1S/C13H16O3/c1-2-16-11-6-3-5-10(9-11)13(12(14)15)7-4-8-13/h3,5-6,9H,2,4,7-8H2,1H3,(H,14,15). The van der Waals surface area contributed by atoms with E-state index in [1.807, 2.05) is 31.2 Å². The average molecular weight is 220 g/mol. The molecule has 1 aliphatic rings. The van der Waals surface area contributed by atoms with E-state index in [1.54, 1.807) is 0 Å². The Bertz CT molecular complexity index is 394. The van der Waals surface area contributed by atoms with Crippen molar-refractivity contribution in [1.82, 2.24) is 0 Å². The Hall–Kier alpha value is -1.51. The predicted molar refractivity (Wildman–Crippen MR) is 60.8 cm³/mol. The first kappa shape index (κ1) is 11.0. The van der Waals surface area contributed by atoms with Gasteiger partial charge in [0, 0.05) is 0 Å². The maximum absolute atomic E-state index is 11.3. The zero-order valence-electron chi connectivity index (χ0n) is 9.40. The first-order valence-corrected chi connectivity index (χ1v) is 5.66. The summed E-state index contributed by atoms with van der Waals surface area (Å²) >= 11 is 0. The first-order valence-electron chi connectivity index (χ1n) is 5.66. The van der Waals surface area contributed by atoms with E-state index in [-0.39, 0.29) is 0 Å². The molecule has 0 aromatic heterocycles. The average Bonchev–Trinajstić information content (AvgIpc) is 2.16. The molecule has 1 aromatic rings. The van der Waals surface area contributed by atoms with Crippen molar-refractivity contribution in [2.24, 2.45) is 0 Å². The highest BCUT2D eigenvalue weighted by atomic mass is 16.5. The third-order valence-electron chi connectivity index (χ3n) is 3.31. The van der Waals surface area contributed by atoms with Crippen LogP contribution in [0.5, 0.6) is 5.75 Å². The normalized spacial score (nSPS) is 17.6. The second-order valence-corrected chi connectivity index (χ2v) is 4.20. The molecule has 1 saturated carbocycles. The number of rotatable bonds is 4. The first-order chi connectivity index (χ1) is 7.69. The molecule has 16 heavy (non-hydrogen) atoms. The van der Waals surface area contributed by atoms with E-state index in [9.17, 15) is 9.90 Å². The van der Waals surface area contributed by atoms with Crippen LogP contribution >= 0.6 is 0 Å². The van der Waals surface area contributed by atoms with Crippen LogP contribution in [-0.4, -0.2) is 17.7 Å². The molecule has 3 heteroatoms. The number of aliphatic carboxylic acids is 1. The molecule has 86 valence electrons. The third kappa shape index (κ3) is 1.66. The molecule has 0 aliphatic heterocycles. The lowest BCUT2D eigenvalue weighted by Crippen LogP contribution is -2.42. The quantitative estimate of drug-likeness (QED) is 0.848. The number of carbonyl (C=O) groups is 1. The highest BCUT2D eigenvalue weighted by Gasteiger charge is 2.45. The van der Waals surface area contributed by atoms with Crippen LogP contribution in [0.4, 0.5) is 0 Å². The summed E-state index contributed by atoms with van der Waals surface area (Å²) in [7, 11) is 0. The number of ether oxygens (including phenoxy) is 1. The van der Waals surface area contributed by atoms with Gasteiger partial charge in [0.1, 0.15) is 5.75 Å². The molecule has 0 amide bonds. The molecule has 0 radical (unpaired) electrons. The molecule has 0 saturated heterocycles. The summed E-state index contributed by atoms with van der Waals surface area (Å²) in [5, 5.41) is 9.32.